The van der Waals surface area contributed by atoms with Crippen LogP contribution in [0.15, 0.2) is 36.4 Å². The Morgan fingerprint density at radius 1 is 1.35 bits per heavy atom. The molecule has 0 saturated carbocycles. The highest BCUT2D eigenvalue weighted by molar-refractivity contribution is 6.32. The number of benzene rings is 2. The molecule has 2 rings (SSSR count). The van der Waals surface area contributed by atoms with Crippen molar-refractivity contribution in [2.45, 2.75) is 6.92 Å². The van der Waals surface area contributed by atoms with E-state index in [1.165, 1.54) is 18.2 Å². The summed E-state index contributed by atoms with van der Waals surface area (Å²) in [5.41, 5.74) is 1.60. The van der Waals surface area contributed by atoms with Gasteiger partial charge in [-0.3, -0.25) is 4.79 Å². The molecule has 4 nitrogen and oxygen atoms in total. The van der Waals surface area contributed by atoms with E-state index in [0.717, 1.165) is 0 Å². The van der Waals surface area contributed by atoms with Gasteiger partial charge in [0.1, 0.15) is 11.8 Å². The summed E-state index contributed by atoms with van der Waals surface area (Å²) >= 11 is 5.89. The summed E-state index contributed by atoms with van der Waals surface area (Å²) in [6.07, 6.45) is 0. The van der Waals surface area contributed by atoms with Gasteiger partial charge in [-0.25, -0.2) is 0 Å². The van der Waals surface area contributed by atoms with Crippen molar-refractivity contribution in [3.05, 3.63) is 58.1 Å². The smallest absolute Gasteiger partial charge is 0.259 e. The molecule has 5 heteroatoms. The van der Waals surface area contributed by atoms with Crippen LogP contribution in [-0.2, 0) is 0 Å². The van der Waals surface area contributed by atoms with E-state index in [4.69, 9.17) is 16.9 Å². The second kappa shape index (κ2) is 5.64. The van der Waals surface area contributed by atoms with Crippen LogP contribution in [-0.4, -0.2) is 11.0 Å². The van der Waals surface area contributed by atoms with Gasteiger partial charge < -0.3 is 10.4 Å². The van der Waals surface area contributed by atoms with E-state index >= 15 is 0 Å². The minimum atomic E-state index is -0.438. The molecule has 0 aliphatic carbocycles. The van der Waals surface area contributed by atoms with E-state index in [0.29, 0.717) is 16.8 Å². The van der Waals surface area contributed by atoms with Crippen LogP contribution in [0.2, 0.25) is 5.02 Å². The molecule has 0 atom stereocenters. The topological polar surface area (TPSA) is 73.1 Å². The van der Waals surface area contributed by atoms with Crippen molar-refractivity contribution < 1.29 is 9.90 Å². The number of nitriles is 1. The van der Waals surface area contributed by atoms with E-state index < -0.39 is 5.91 Å². The van der Waals surface area contributed by atoms with Crippen LogP contribution in [0.5, 0.6) is 5.75 Å². The van der Waals surface area contributed by atoms with Crippen molar-refractivity contribution in [2.24, 2.45) is 0 Å². The van der Waals surface area contributed by atoms with Gasteiger partial charge in [-0.1, -0.05) is 23.7 Å². The van der Waals surface area contributed by atoms with E-state index in [2.05, 4.69) is 5.32 Å². The molecule has 2 aromatic carbocycles. The molecule has 0 bridgehead atoms. The van der Waals surface area contributed by atoms with Gasteiger partial charge in [-0.15, -0.1) is 0 Å². The number of phenols is 1. The number of nitrogens with zero attached hydrogens (tertiary/aromatic N) is 1. The summed E-state index contributed by atoms with van der Waals surface area (Å²) in [6, 6.07) is 11.5. The molecule has 0 aromatic heterocycles. The lowest BCUT2D eigenvalue weighted by molar-refractivity contribution is 0.102. The predicted molar refractivity (Wildman–Crippen MR) is 77.0 cm³/mol. The van der Waals surface area contributed by atoms with Crippen molar-refractivity contribution in [3.63, 3.8) is 0 Å². The molecule has 0 unspecified atom stereocenters. The minimum Gasteiger partial charge on any atom is -0.507 e. The van der Waals surface area contributed by atoms with Crippen molar-refractivity contribution in [2.75, 3.05) is 5.32 Å². The predicted octanol–water partition coefficient (Wildman–Crippen LogP) is 3.48. The monoisotopic (exact) mass is 286 g/mol. The zero-order valence-electron chi connectivity index (χ0n) is 10.6. The highest BCUT2D eigenvalue weighted by Crippen LogP contribution is 2.24. The lowest BCUT2D eigenvalue weighted by Gasteiger charge is -2.09. The molecular weight excluding hydrogens is 276 g/mol. The van der Waals surface area contributed by atoms with Crippen molar-refractivity contribution in [1.82, 2.24) is 0 Å². The Hall–Kier alpha value is -2.51. The van der Waals surface area contributed by atoms with Gasteiger partial charge in [-0.2, -0.15) is 5.26 Å². The van der Waals surface area contributed by atoms with E-state index in [1.807, 2.05) is 6.07 Å². The largest absolute Gasteiger partial charge is 0.507 e. The number of hydrogen-bond donors (Lipinski definition) is 2. The van der Waals surface area contributed by atoms with Gasteiger partial charge in [0.25, 0.3) is 5.91 Å². The number of hydrogen-bond acceptors (Lipinski definition) is 3. The molecular formula is C15H11ClN2O2. The van der Waals surface area contributed by atoms with Gasteiger partial charge in [0, 0.05) is 5.69 Å². The number of halogens is 1. The van der Waals surface area contributed by atoms with Gasteiger partial charge >= 0.3 is 0 Å². The number of phenolic OH excluding ortho intramolecular Hbond substituents is 1. The SMILES string of the molecule is Cc1cccc(C(=O)Nc2ccc(C#N)c(Cl)c2)c1O. The lowest BCUT2D eigenvalue weighted by atomic mass is 10.1. The Labute approximate surface area is 121 Å². The van der Waals surface area contributed by atoms with Crippen LogP contribution >= 0.6 is 11.6 Å². The average Bonchev–Trinajstić information content (AvgIpc) is 2.42. The van der Waals surface area contributed by atoms with E-state index in [9.17, 15) is 9.90 Å². The standard InChI is InChI=1S/C15H11ClN2O2/c1-9-3-2-4-12(14(9)19)15(20)18-11-6-5-10(8-17)13(16)7-11/h2-7,19H,1H3,(H,18,20). The third kappa shape index (κ3) is 2.73. The maximum absolute atomic E-state index is 12.1. The molecule has 0 fully saturated rings. The first-order valence-electron chi connectivity index (χ1n) is 5.82. The second-order valence-electron chi connectivity index (χ2n) is 4.23. The van der Waals surface area contributed by atoms with Crippen LogP contribution in [0, 0.1) is 18.3 Å². The Bertz CT molecular complexity index is 720. The number of anilines is 1. The maximum Gasteiger partial charge on any atom is 0.259 e. The summed E-state index contributed by atoms with van der Waals surface area (Å²) < 4.78 is 0. The number of carbonyl (C=O) groups excluding carboxylic acids is 1. The van der Waals surface area contributed by atoms with Crippen molar-refractivity contribution in [3.8, 4) is 11.8 Å². The third-order valence-corrected chi connectivity index (χ3v) is 3.14. The minimum absolute atomic E-state index is 0.0512. The molecule has 20 heavy (non-hydrogen) atoms. The second-order valence-corrected chi connectivity index (χ2v) is 4.64. The van der Waals surface area contributed by atoms with Crippen molar-refractivity contribution in [1.29, 1.82) is 5.26 Å². The molecule has 0 spiro atoms. The van der Waals surface area contributed by atoms with Crippen LogP contribution in [0.3, 0.4) is 0 Å². The number of nitrogens with one attached hydrogen (secondary N) is 1. The first-order valence-corrected chi connectivity index (χ1v) is 6.20. The summed E-state index contributed by atoms with van der Waals surface area (Å²) in [5, 5.41) is 21.5. The maximum atomic E-state index is 12.1. The summed E-state index contributed by atoms with van der Waals surface area (Å²) in [7, 11) is 0. The van der Waals surface area contributed by atoms with Crippen LogP contribution in [0.4, 0.5) is 5.69 Å². The van der Waals surface area contributed by atoms with Crippen LogP contribution < -0.4 is 5.32 Å². The number of aromatic hydroxyl groups is 1. The van der Waals surface area contributed by atoms with Gasteiger partial charge in [0.15, 0.2) is 0 Å². The first-order chi connectivity index (χ1) is 9.52. The number of rotatable bonds is 2. The molecule has 0 aliphatic rings. The normalized spacial score (nSPS) is 9.85. The lowest BCUT2D eigenvalue weighted by Crippen LogP contribution is -2.12. The number of amides is 1. The van der Waals surface area contributed by atoms with Crippen LogP contribution in [0.1, 0.15) is 21.5 Å². The summed E-state index contributed by atoms with van der Waals surface area (Å²) in [6.45, 7) is 1.71. The number of para-hydroxylation sites is 1. The fourth-order valence-corrected chi connectivity index (χ4v) is 1.95. The number of aryl methyl sites for hydroxylation is 1. The van der Waals surface area contributed by atoms with Gasteiger partial charge in [0.2, 0.25) is 0 Å². The fourth-order valence-electron chi connectivity index (χ4n) is 1.72. The Morgan fingerprint density at radius 2 is 2.10 bits per heavy atom. The molecule has 0 heterocycles. The Kier molecular flexibility index (Phi) is 3.92. The quantitative estimate of drug-likeness (QED) is 0.887. The zero-order chi connectivity index (χ0) is 14.7. The molecule has 100 valence electrons. The van der Waals surface area contributed by atoms with Crippen LogP contribution in [0.25, 0.3) is 0 Å². The molecule has 0 aliphatic heterocycles. The molecule has 1 amide bonds. The van der Waals surface area contributed by atoms with Crippen molar-refractivity contribution >= 4 is 23.2 Å². The van der Waals surface area contributed by atoms with Gasteiger partial charge in [0.05, 0.1) is 16.1 Å². The molecule has 0 radical (unpaired) electrons. The van der Waals surface area contributed by atoms with Gasteiger partial charge in [-0.05, 0) is 36.8 Å². The Morgan fingerprint density at radius 3 is 2.75 bits per heavy atom. The first kappa shape index (κ1) is 13.9. The Balaban J connectivity index is 2.26. The van der Waals surface area contributed by atoms with E-state index in [1.54, 1.807) is 25.1 Å². The van der Waals surface area contributed by atoms with E-state index in [-0.39, 0.29) is 16.3 Å². The highest BCUT2D eigenvalue weighted by Gasteiger charge is 2.13. The number of carbonyl (C=O) groups is 1. The molecule has 2 N–H and O–H groups in total. The fraction of sp³-hybridized carbons (Fsp3) is 0.0667. The summed E-state index contributed by atoms with van der Waals surface area (Å²) in [4.78, 5) is 12.1. The molecule has 0 saturated heterocycles. The summed E-state index contributed by atoms with van der Waals surface area (Å²) in [5.74, 6) is -0.489. The highest BCUT2D eigenvalue weighted by atomic mass is 35.5. The molecule has 2 aromatic rings. The average molecular weight is 287 g/mol. The zero-order valence-corrected chi connectivity index (χ0v) is 11.4. The third-order valence-electron chi connectivity index (χ3n) is 2.83.